The Balaban J connectivity index is 1.33. The number of nitrogens with one attached hydrogen (secondary N) is 1. The SMILES string of the molecule is Cc1ccc(Cn2cnc(NC(=O)c3cc(COc4ccc(C)cc4C)cs3)n2)cc1. The maximum atomic E-state index is 12.6. The number of anilines is 1. The van der Waals surface area contributed by atoms with Crippen molar-refractivity contribution in [2.45, 2.75) is 33.9 Å². The lowest BCUT2D eigenvalue weighted by Crippen LogP contribution is -2.12. The van der Waals surface area contributed by atoms with E-state index in [2.05, 4.69) is 59.6 Å². The van der Waals surface area contributed by atoms with Crippen LogP contribution in [0.25, 0.3) is 0 Å². The van der Waals surface area contributed by atoms with Crippen molar-refractivity contribution in [2.24, 2.45) is 0 Å². The molecular formula is C24H24N4O2S. The van der Waals surface area contributed by atoms with Crippen molar-refractivity contribution in [3.05, 3.63) is 92.9 Å². The molecule has 0 atom stereocenters. The van der Waals surface area contributed by atoms with Crippen molar-refractivity contribution in [1.29, 1.82) is 0 Å². The zero-order valence-corrected chi connectivity index (χ0v) is 18.6. The van der Waals surface area contributed by atoms with Crippen LogP contribution in [-0.2, 0) is 13.2 Å². The van der Waals surface area contributed by atoms with Crippen molar-refractivity contribution in [2.75, 3.05) is 5.32 Å². The zero-order valence-electron chi connectivity index (χ0n) is 17.8. The highest BCUT2D eigenvalue weighted by Gasteiger charge is 2.13. The average molecular weight is 433 g/mol. The minimum atomic E-state index is -0.226. The standard InChI is InChI=1S/C24H24N4O2S/c1-16-4-7-19(8-5-16)12-28-15-25-24(27-28)26-23(29)22-11-20(14-31-22)13-30-21-9-6-17(2)10-18(21)3/h4-11,14-15H,12-13H2,1-3H3,(H,26,27,29). The lowest BCUT2D eigenvalue weighted by Gasteiger charge is -2.08. The molecule has 2 aromatic carbocycles. The molecule has 31 heavy (non-hydrogen) atoms. The van der Waals surface area contributed by atoms with Gasteiger partial charge in [-0.05, 0) is 49.4 Å². The Morgan fingerprint density at radius 2 is 1.81 bits per heavy atom. The van der Waals surface area contributed by atoms with Crippen molar-refractivity contribution in [3.63, 3.8) is 0 Å². The molecule has 0 fully saturated rings. The molecule has 0 saturated heterocycles. The van der Waals surface area contributed by atoms with E-state index in [0.717, 1.165) is 22.4 Å². The van der Waals surface area contributed by atoms with Crippen molar-refractivity contribution in [1.82, 2.24) is 14.8 Å². The summed E-state index contributed by atoms with van der Waals surface area (Å²) in [6.07, 6.45) is 1.62. The van der Waals surface area contributed by atoms with Gasteiger partial charge in [0.15, 0.2) is 0 Å². The van der Waals surface area contributed by atoms with Crippen LogP contribution in [-0.4, -0.2) is 20.7 Å². The van der Waals surface area contributed by atoms with E-state index in [-0.39, 0.29) is 5.91 Å². The lowest BCUT2D eigenvalue weighted by molar-refractivity contribution is 0.102. The molecule has 1 amide bonds. The average Bonchev–Trinajstić information content (AvgIpc) is 3.39. The largest absolute Gasteiger partial charge is 0.489 e. The van der Waals surface area contributed by atoms with Gasteiger partial charge in [-0.25, -0.2) is 9.67 Å². The second-order valence-corrected chi connectivity index (χ2v) is 8.49. The van der Waals surface area contributed by atoms with E-state index in [0.29, 0.717) is 24.0 Å². The van der Waals surface area contributed by atoms with Crippen LogP contribution in [0, 0.1) is 20.8 Å². The quantitative estimate of drug-likeness (QED) is 0.439. The third-order valence-corrected chi connectivity index (χ3v) is 5.81. The molecule has 0 bridgehead atoms. The lowest BCUT2D eigenvalue weighted by atomic mass is 10.1. The zero-order chi connectivity index (χ0) is 21.8. The summed E-state index contributed by atoms with van der Waals surface area (Å²) in [7, 11) is 0. The second kappa shape index (κ2) is 9.14. The van der Waals surface area contributed by atoms with Gasteiger partial charge in [-0.15, -0.1) is 16.4 Å². The molecule has 0 aliphatic heterocycles. The number of thiophene rings is 1. The Kier molecular flexibility index (Phi) is 6.13. The number of aryl methyl sites for hydroxylation is 3. The summed E-state index contributed by atoms with van der Waals surface area (Å²) in [5.74, 6) is 0.917. The maximum Gasteiger partial charge on any atom is 0.268 e. The number of aromatic nitrogens is 3. The van der Waals surface area contributed by atoms with Crippen LogP contribution in [0.5, 0.6) is 5.75 Å². The maximum absolute atomic E-state index is 12.6. The van der Waals surface area contributed by atoms with Crippen LogP contribution in [0.2, 0.25) is 0 Å². The van der Waals surface area contributed by atoms with E-state index in [9.17, 15) is 4.79 Å². The van der Waals surface area contributed by atoms with Crippen molar-refractivity contribution < 1.29 is 9.53 Å². The van der Waals surface area contributed by atoms with Crippen LogP contribution in [0.15, 0.2) is 60.2 Å². The Hall–Kier alpha value is -3.45. The van der Waals surface area contributed by atoms with Crippen molar-refractivity contribution in [3.8, 4) is 5.75 Å². The summed E-state index contributed by atoms with van der Waals surface area (Å²) in [6, 6.07) is 16.2. The molecule has 0 aliphatic carbocycles. The number of rotatable bonds is 7. The third-order valence-electron chi connectivity index (χ3n) is 4.83. The van der Waals surface area contributed by atoms with Crippen molar-refractivity contribution >= 4 is 23.2 Å². The number of amides is 1. The van der Waals surface area contributed by atoms with Gasteiger partial charge in [0.2, 0.25) is 5.95 Å². The highest BCUT2D eigenvalue weighted by molar-refractivity contribution is 7.12. The molecule has 2 heterocycles. The van der Waals surface area contributed by atoms with E-state index < -0.39 is 0 Å². The summed E-state index contributed by atoms with van der Waals surface area (Å²) in [5, 5.41) is 9.04. The van der Waals surface area contributed by atoms with Gasteiger partial charge in [-0.2, -0.15) is 0 Å². The van der Waals surface area contributed by atoms with E-state index in [4.69, 9.17) is 4.74 Å². The highest BCUT2D eigenvalue weighted by Crippen LogP contribution is 2.22. The highest BCUT2D eigenvalue weighted by atomic mass is 32.1. The Labute approximate surface area is 185 Å². The van der Waals surface area contributed by atoms with E-state index in [1.807, 2.05) is 30.5 Å². The summed E-state index contributed by atoms with van der Waals surface area (Å²) < 4.78 is 7.61. The predicted octanol–water partition coefficient (Wildman–Crippen LogP) is 5.14. The molecule has 0 radical (unpaired) electrons. The molecule has 0 unspecified atom stereocenters. The number of ether oxygens (including phenoxy) is 1. The van der Waals surface area contributed by atoms with E-state index in [1.165, 1.54) is 22.5 Å². The number of hydrogen-bond donors (Lipinski definition) is 1. The fourth-order valence-corrected chi connectivity index (χ4v) is 3.96. The molecule has 6 nitrogen and oxygen atoms in total. The van der Waals surface area contributed by atoms with Crippen LogP contribution in [0.3, 0.4) is 0 Å². The molecular weight excluding hydrogens is 408 g/mol. The van der Waals surface area contributed by atoms with E-state index in [1.54, 1.807) is 11.0 Å². The number of nitrogens with zero attached hydrogens (tertiary/aromatic N) is 3. The summed E-state index contributed by atoms with van der Waals surface area (Å²) >= 11 is 1.38. The normalized spacial score (nSPS) is 10.8. The minimum Gasteiger partial charge on any atom is -0.489 e. The molecule has 2 aromatic heterocycles. The van der Waals surface area contributed by atoms with Gasteiger partial charge in [0.25, 0.3) is 5.91 Å². The first-order chi connectivity index (χ1) is 15.0. The topological polar surface area (TPSA) is 69.0 Å². The second-order valence-electron chi connectivity index (χ2n) is 7.58. The molecule has 158 valence electrons. The van der Waals surface area contributed by atoms with Crippen LogP contribution in [0.1, 0.15) is 37.5 Å². The molecule has 7 heteroatoms. The molecule has 4 aromatic rings. The summed E-state index contributed by atoms with van der Waals surface area (Å²) in [4.78, 5) is 17.4. The number of benzene rings is 2. The first kappa shape index (κ1) is 20.8. The third kappa shape index (κ3) is 5.38. The Morgan fingerprint density at radius 1 is 1.03 bits per heavy atom. The molecule has 0 aliphatic rings. The summed E-state index contributed by atoms with van der Waals surface area (Å²) in [5.41, 5.74) is 5.59. The molecule has 0 spiro atoms. The van der Waals surface area contributed by atoms with Gasteiger partial charge in [-0.3, -0.25) is 10.1 Å². The number of hydrogen-bond acceptors (Lipinski definition) is 5. The number of carbonyl (C=O) groups is 1. The first-order valence-corrected chi connectivity index (χ1v) is 10.9. The van der Waals surface area contributed by atoms with Gasteiger partial charge < -0.3 is 4.74 Å². The fraction of sp³-hybridized carbons (Fsp3) is 0.208. The smallest absolute Gasteiger partial charge is 0.268 e. The van der Waals surface area contributed by atoms with Gasteiger partial charge in [0.05, 0.1) is 11.4 Å². The fourth-order valence-electron chi connectivity index (χ4n) is 3.16. The minimum absolute atomic E-state index is 0.226. The van der Waals surface area contributed by atoms with Crippen LogP contribution >= 0.6 is 11.3 Å². The Morgan fingerprint density at radius 3 is 2.58 bits per heavy atom. The number of carbonyl (C=O) groups excluding carboxylic acids is 1. The monoisotopic (exact) mass is 432 g/mol. The molecule has 4 rings (SSSR count). The summed E-state index contributed by atoms with van der Waals surface area (Å²) in [6.45, 7) is 7.15. The van der Waals surface area contributed by atoms with Crippen LogP contribution in [0.4, 0.5) is 5.95 Å². The van der Waals surface area contributed by atoms with E-state index >= 15 is 0 Å². The van der Waals surface area contributed by atoms with Gasteiger partial charge in [0.1, 0.15) is 18.7 Å². The first-order valence-electron chi connectivity index (χ1n) is 10.00. The van der Waals surface area contributed by atoms with Crippen LogP contribution < -0.4 is 10.1 Å². The Bertz CT molecular complexity index is 1190. The molecule has 1 N–H and O–H groups in total. The van der Waals surface area contributed by atoms with Gasteiger partial charge in [0, 0.05) is 5.56 Å². The van der Waals surface area contributed by atoms with Gasteiger partial charge in [-0.1, -0.05) is 47.5 Å². The predicted molar refractivity (Wildman–Crippen MR) is 123 cm³/mol. The molecule has 0 saturated carbocycles. The van der Waals surface area contributed by atoms with Gasteiger partial charge >= 0.3 is 0 Å².